The van der Waals surface area contributed by atoms with Crippen LogP contribution in [0.2, 0.25) is 0 Å². The zero-order valence-corrected chi connectivity index (χ0v) is 10.9. The van der Waals surface area contributed by atoms with Gasteiger partial charge in [-0.1, -0.05) is 54.6 Å². The maximum atomic E-state index is 9.67. The van der Waals surface area contributed by atoms with Gasteiger partial charge in [0.2, 0.25) is 0 Å². The van der Waals surface area contributed by atoms with Gasteiger partial charge in [0.15, 0.2) is 0 Å². The highest BCUT2D eigenvalue weighted by molar-refractivity contribution is 7.59. The summed E-state index contributed by atoms with van der Waals surface area (Å²) in [5.74, 6) is 0. The third-order valence-corrected chi connectivity index (χ3v) is 2.23. The van der Waals surface area contributed by atoms with Gasteiger partial charge in [-0.05, 0) is 23.6 Å². The molecule has 2 aromatic rings. The minimum atomic E-state index is -3.67. The van der Waals surface area contributed by atoms with Gasteiger partial charge in [0.1, 0.15) is 0 Å². The van der Waals surface area contributed by atoms with Gasteiger partial charge in [-0.2, -0.15) is 13.5 Å². The molecule has 0 aliphatic carbocycles. The SMILES string of the molecule is Cc1ccccc1-c1ccccc1.FB(F)F.S. The molecule has 2 aromatic carbocycles. The van der Waals surface area contributed by atoms with Crippen LogP contribution in [0.25, 0.3) is 11.1 Å². The lowest BCUT2D eigenvalue weighted by Crippen LogP contribution is -1.80. The maximum Gasteiger partial charge on any atom is 0.762 e. The molecule has 0 N–H and O–H groups in total. The zero-order valence-electron chi connectivity index (χ0n) is 9.91. The molecular weight excluding hydrogens is 256 g/mol. The largest absolute Gasteiger partial charge is 0.762 e. The second kappa shape index (κ2) is 8.69. The summed E-state index contributed by atoms with van der Waals surface area (Å²) in [5, 5.41) is 0. The van der Waals surface area contributed by atoms with Crippen molar-refractivity contribution in [1.82, 2.24) is 0 Å². The van der Waals surface area contributed by atoms with Crippen molar-refractivity contribution in [3.8, 4) is 11.1 Å². The molecule has 5 heteroatoms. The number of rotatable bonds is 1. The first-order valence-corrected chi connectivity index (χ1v) is 5.14. The van der Waals surface area contributed by atoms with Crippen molar-refractivity contribution in [3.63, 3.8) is 0 Å². The Morgan fingerprint density at radius 1 is 0.778 bits per heavy atom. The van der Waals surface area contributed by atoms with E-state index < -0.39 is 7.54 Å². The molecule has 0 amide bonds. The average Bonchev–Trinajstić information content (AvgIpc) is 2.30. The van der Waals surface area contributed by atoms with E-state index in [2.05, 4.69) is 55.5 Å². The molecule has 0 atom stereocenters. The third kappa shape index (κ3) is 5.82. The van der Waals surface area contributed by atoms with Crippen molar-refractivity contribution < 1.29 is 12.9 Å². The quantitative estimate of drug-likeness (QED) is 0.661. The molecule has 2 rings (SSSR count). The Morgan fingerprint density at radius 2 is 1.22 bits per heavy atom. The first-order chi connectivity index (χ1) is 8.11. The first-order valence-electron chi connectivity index (χ1n) is 5.14. The van der Waals surface area contributed by atoms with Crippen LogP contribution in [0.5, 0.6) is 0 Å². The zero-order chi connectivity index (χ0) is 12.7. The molecule has 0 unspecified atom stereocenters. The number of benzene rings is 2. The second-order valence-corrected chi connectivity index (χ2v) is 3.43. The molecule has 0 saturated carbocycles. The summed E-state index contributed by atoms with van der Waals surface area (Å²) in [4.78, 5) is 0. The van der Waals surface area contributed by atoms with Crippen LogP contribution in [0.4, 0.5) is 12.9 Å². The molecule has 96 valence electrons. The smallest absolute Gasteiger partial charge is 0.254 e. The Kier molecular flexibility index (Phi) is 8.04. The Balaban J connectivity index is 0.000000512. The van der Waals surface area contributed by atoms with Gasteiger partial charge >= 0.3 is 7.54 Å². The summed E-state index contributed by atoms with van der Waals surface area (Å²) in [5.41, 5.74) is 3.94. The molecule has 0 aliphatic heterocycles. The number of hydrogen-bond donors (Lipinski definition) is 0. The predicted molar refractivity (Wildman–Crippen MR) is 76.1 cm³/mol. The van der Waals surface area contributed by atoms with Gasteiger partial charge < -0.3 is 0 Å². The van der Waals surface area contributed by atoms with Crippen molar-refractivity contribution in [1.29, 1.82) is 0 Å². The lowest BCUT2D eigenvalue weighted by Gasteiger charge is -2.04. The van der Waals surface area contributed by atoms with E-state index in [-0.39, 0.29) is 13.5 Å². The molecule has 0 aliphatic rings. The summed E-state index contributed by atoms with van der Waals surface area (Å²) >= 11 is 0. The minimum absolute atomic E-state index is 0. The van der Waals surface area contributed by atoms with Crippen LogP contribution >= 0.6 is 13.5 Å². The van der Waals surface area contributed by atoms with Gasteiger partial charge in [0, 0.05) is 0 Å². The second-order valence-electron chi connectivity index (χ2n) is 3.43. The highest BCUT2D eigenvalue weighted by Crippen LogP contribution is 2.21. The van der Waals surface area contributed by atoms with E-state index in [0.29, 0.717) is 0 Å². The van der Waals surface area contributed by atoms with Gasteiger partial charge in [-0.15, -0.1) is 0 Å². The fourth-order valence-electron chi connectivity index (χ4n) is 1.51. The molecule has 0 bridgehead atoms. The Hall–Kier alpha value is -1.36. The van der Waals surface area contributed by atoms with E-state index in [4.69, 9.17) is 0 Å². The standard InChI is InChI=1S/C13H12.BF3.H2S/c1-11-7-5-6-10-13(11)12-8-3-2-4-9-12;2-1(3)4;/h2-10H,1H3;;1H2. The van der Waals surface area contributed by atoms with E-state index >= 15 is 0 Å². The topological polar surface area (TPSA) is 0 Å². The molecule has 0 nitrogen and oxygen atoms in total. The van der Waals surface area contributed by atoms with E-state index in [0.717, 1.165) is 0 Å². The van der Waals surface area contributed by atoms with Gasteiger partial charge in [0.25, 0.3) is 0 Å². The molecule has 0 spiro atoms. The monoisotopic (exact) mass is 270 g/mol. The molecule has 0 radical (unpaired) electrons. The van der Waals surface area contributed by atoms with Crippen molar-refractivity contribution in [3.05, 3.63) is 60.2 Å². The van der Waals surface area contributed by atoms with Crippen LogP contribution in [0.1, 0.15) is 5.56 Å². The van der Waals surface area contributed by atoms with Crippen LogP contribution in [0, 0.1) is 6.92 Å². The Morgan fingerprint density at radius 3 is 1.72 bits per heavy atom. The van der Waals surface area contributed by atoms with Gasteiger partial charge in [-0.25, -0.2) is 0 Å². The summed E-state index contributed by atoms with van der Waals surface area (Å²) < 4.78 is 29.0. The van der Waals surface area contributed by atoms with Gasteiger partial charge in [-0.3, -0.25) is 12.9 Å². The highest BCUT2D eigenvalue weighted by Gasteiger charge is 2.06. The number of hydrogen-bond acceptors (Lipinski definition) is 0. The van der Waals surface area contributed by atoms with E-state index in [1.165, 1.54) is 16.7 Å². The van der Waals surface area contributed by atoms with Crippen molar-refractivity contribution in [2.45, 2.75) is 6.92 Å². The minimum Gasteiger partial charge on any atom is -0.254 e. The van der Waals surface area contributed by atoms with Crippen LogP contribution in [0.15, 0.2) is 54.6 Å². The molecule has 18 heavy (non-hydrogen) atoms. The van der Waals surface area contributed by atoms with Crippen molar-refractivity contribution in [2.75, 3.05) is 0 Å². The summed E-state index contributed by atoms with van der Waals surface area (Å²) in [6.45, 7) is 2.14. The fraction of sp³-hybridized carbons (Fsp3) is 0.0769. The molecule has 0 fully saturated rings. The molecule has 0 heterocycles. The van der Waals surface area contributed by atoms with Crippen LogP contribution in [-0.4, -0.2) is 7.54 Å². The maximum absolute atomic E-state index is 9.67. The number of halogens is 3. The fourth-order valence-corrected chi connectivity index (χ4v) is 1.51. The Bertz CT molecular complexity index is 446. The molecule has 0 aromatic heterocycles. The average molecular weight is 270 g/mol. The predicted octanol–water partition coefficient (Wildman–Crippen LogP) is 4.65. The van der Waals surface area contributed by atoms with E-state index in [1.807, 2.05) is 6.07 Å². The number of aryl methyl sites for hydroxylation is 1. The van der Waals surface area contributed by atoms with E-state index in [1.54, 1.807) is 0 Å². The van der Waals surface area contributed by atoms with Crippen molar-refractivity contribution in [2.24, 2.45) is 0 Å². The van der Waals surface area contributed by atoms with Crippen LogP contribution in [-0.2, 0) is 0 Å². The van der Waals surface area contributed by atoms with Crippen LogP contribution < -0.4 is 0 Å². The normalized spacial score (nSPS) is 8.67. The molecule has 0 saturated heterocycles. The highest BCUT2D eigenvalue weighted by atomic mass is 32.1. The van der Waals surface area contributed by atoms with Gasteiger partial charge in [0.05, 0.1) is 0 Å². The lowest BCUT2D eigenvalue weighted by molar-refractivity contribution is 0.535. The Labute approximate surface area is 113 Å². The van der Waals surface area contributed by atoms with Crippen molar-refractivity contribution >= 4 is 21.0 Å². The van der Waals surface area contributed by atoms with Crippen LogP contribution in [0.3, 0.4) is 0 Å². The summed E-state index contributed by atoms with van der Waals surface area (Å²) in [7, 11) is -3.67. The summed E-state index contributed by atoms with van der Waals surface area (Å²) in [6, 6.07) is 18.9. The summed E-state index contributed by atoms with van der Waals surface area (Å²) in [6.07, 6.45) is 0. The first kappa shape index (κ1) is 16.6. The lowest BCUT2D eigenvalue weighted by atomic mass is 10.0. The third-order valence-electron chi connectivity index (χ3n) is 2.23. The molecular formula is C13H14BF3S. The van der Waals surface area contributed by atoms with E-state index in [9.17, 15) is 12.9 Å².